The quantitative estimate of drug-likeness (QED) is 0.225. The van der Waals surface area contributed by atoms with Crippen molar-refractivity contribution >= 4 is 40.0 Å². The highest BCUT2D eigenvalue weighted by Crippen LogP contribution is 2.48. The summed E-state index contributed by atoms with van der Waals surface area (Å²) in [6.07, 6.45) is 5.29. The highest BCUT2D eigenvalue weighted by molar-refractivity contribution is 6.34. The number of nitrogen functional groups attached to an aromatic ring is 1. The number of pyridine rings is 1. The summed E-state index contributed by atoms with van der Waals surface area (Å²) in [4.78, 5) is 48.8. The van der Waals surface area contributed by atoms with Crippen LogP contribution in [0.2, 0.25) is 5.02 Å². The largest absolute Gasteiger partial charge is 0.398 e. The average Bonchev–Trinajstić information content (AvgIpc) is 3.92. The number of carbonyl (C=O) groups is 1. The van der Waals surface area contributed by atoms with Crippen LogP contribution in [0.4, 0.5) is 20.3 Å². The molecule has 3 aliphatic rings. The van der Waals surface area contributed by atoms with Gasteiger partial charge in [-0.15, -0.1) is 0 Å². The normalized spacial score (nSPS) is 20.1. The minimum absolute atomic E-state index is 0.0245. The van der Waals surface area contributed by atoms with Crippen LogP contribution in [0.3, 0.4) is 0 Å². The molecule has 3 aromatic heterocycles. The van der Waals surface area contributed by atoms with Crippen molar-refractivity contribution in [1.82, 2.24) is 29.4 Å². The Morgan fingerprint density at radius 3 is 2.31 bits per heavy atom. The third kappa shape index (κ3) is 5.01. The number of hydrogen-bond donors (Lipinski definition) is 1. The second-order valence-electron chi connectivity index (χ2n) is 12.2. The van der Waals surface area contributed by atoms with Crippen molar-refractivity contribution in [3.63, 3.8) is 0 Å². The Morgan fingerprint density at radius 1 is 1.04 bits per heavy atom. The number of rotatable bonds is 6. The summed E-state index contributed by atoms with van der Waals surface area (Å²) in [5.74, 6) is -1.77. The van der Waals surface area contributed by atoms with Crippen molar-refractivity contribution < 1.29 is 13.6 Å². The molecule has 2 aliphatic carbocycles. The number of benzene rings is 1. The van der Waals surface area contributed by atoms with Crippen molar-refractivity contribution in [3.05, 3.63) is 75.7 Å². The van der Waals surface area contributed by atoms with Crippen LogP contribution in [-0.2, 0) is 4.79 Å². The standard InChI is InChI=1S/C32H31ClF2N8O2/c1-15-13-42(31(44)17(3)34)16(2)12-41(15)29-20-11-21(33)27(24-22(35)5-4-6-23(24)36)39-30(20)43(32(45)40-29)28-25(18-7-8-18)37-14-38-26(28)19-9-10-19/h4-6,11,14-16,18-19H,3,7-10,12-13,36H2,1-2H3/t15-,16+/m0/s1. The van der Waals surface area contributed by atoms with Crippen molar-refractivity contribution in [2.24, 2.45) is 0 Å². The number of carbonyl (C=O) groups excluding carboxylic acids is 1. The minimum atomic E-state index is -1.03. The topological polar surface area (TPSA) is 123 Å². The van der Waals surface area contributed by atoms with E-state index in [1.165, 1.54) is 21.6 Å². The fourth-order valence-corrected chi connectivity index (χ4v) is 6.55. The van der Waals surface area contributed by atoms with Gasteiger partial charge in [0.1, 0.15) is 18.0 Å². The lowest BCUT2D eigenvalue weighted by molar-refractivity contribution is -0.131. The summed E-state index contributed by atoms with van der Waals surface area (Å²) in [5, 5.41) is 0.560. The molecule has 13 heteroatoms. The Hall–Kier alpha value is -4.45. The van der Waals surface area contributed by atoms with Crippen LogP contribution in [0, 0.1) is 5.82 Å². The molecule has 10 nitrogen and oxygen atoms in total. The van der Waals surface area contributed by atoms with E-state index in [0.29, 0.717) is 16.9 Å². The molecule has 2 atom stereocenters. The maximum Gasteiger partial charge on any atom is 0.355 e. The monoisotopic (exact) mass is 632 g/mol. The summed E-state index contributed by atoms with van der Waals surface area (Å²) in [6.45, 7) is 7.23. The van der Waals surface area contributed by atoms with Crippen LogP contribution in [0.1, 0.15) is 62.8 Å². The lowest BCUT2D eigenvalue weighted by atomic mass is 10.1. The number of anilines is 2. The summed E-state index contributed by atoms with van der Waals surface area (Å²) >= 11 is 6.83. The zero-order chi connectivity index (χ0) is 31.7. The second kappa shape index (κ2) is 10.9. The van der Waals surface area contributed by atoms with E-state index >= 15 is 4.39 Å². The molecule has 232 valence electrons. The Kier molecular flexibility index (Phi) is 7.07. The molecule has 7 rings (SSSR count). The summed E-state index contributed by atoms with van der Waals surface area (Å²) in [5.41, 5.74) is 8.16. The van der Waals surface area contributed by atoms with Crippen molar-refractivity contribution in [1.29, 1.82) is 0 Å². The molecule has 2 N–H and O–H groups in total. The van der Waals surface area contributed by atoms with Gasteiger partial charge in [0.15, 0.2) is 11.5 Å². The number of amides is 1. The van der Waals surface area contributed by atoms with Gasteiger partial charge in [-0.3, -0.25) is 4.79 Å². The minimum Gasteiger partial charge on any atom is -0.398 e. The lowest BCUT2D eigenvalue weighted by Gasteiger charge is -2.44. The summed E-state index contributed by atoms with van der Waals surface area (Å²) < 4.78 is 30.5. The van der Waals surface area contributed by atoms with Gasteiger partial charge in [0.2, 0.25) is 0 Å². The molecule has 1 aromatic carbocycles. The molecule has 45 heavy (non-hydrogen) atoms. The van der Waals surface area contributed by atoms with Crippen molar-refractivity contribution in [2.75, 3.05) is 23.7 Å². The van der Waals surface area contributed by atoms with E-state index in [1.807, 2.05) is 11.8 Å². The van der Waals surface area contributed by atoms with Crippen LogP contribution in [-0.4, -0.2) is 60.5 Å². The Morgan fingerprint density at radius 2 is 1.71 bits per heavy atom. The molecule has 4 aromatic rings. The van der Waals surface area contributed by atoms with Gasteiger partial charge in [0.25, 0.3) is 5.91 Å². The number of hydrogen-bond acceptors (Lipinski definition) is 8. The first-order valence-corrected chi connectivity index (χ1v) is 15.4. The predicted molar refractivity (Wildman–Crippen MR) is 168 cm³/mol. The molecular formula is C32H31ClF2N8O2. The Labute approximate surface area is 262 Å². The maximum atomic E-state index is 15.2. The molecule has 2 saturated carbocycles. The third-order valence-corrected chi connectivity index (χ3v) is 9.15. The molecule has 0 bridgehead atoms. The van der Waals surface area contributed by atoms with Crippen LogP contribution in [0.25, 0.3) is 28.0 Å². The summed E-state index contributed by atoms with van der Waals surface area (Å²) in [7, 11) is 0. The molecular weight excluding hydrogens is 602 g/mol. The van der Waals surface area contributed by atoms with E-state index in [2.05, 4.69) is 21.5 Å². The van der Waals surface area contributed by atoms with Crippen LogP contribution < -0.4 is 16.3 Å². The molecule has 1 amide bonds. The number of aromatic nitrogens is 5. The first kappa shape index (κ1) is 29.3. The first-order valence-electron chi connectivity index (χ1n) is 15.0. The van der Waals surface area contributed by atoms with Crippen LogP contribution in [0.5, 0.6) is 0 Å². The van der Waals surface area contributed by atoms with Gasteiger partial charge in [0, 0.05) is 42.7 Å². The molecule has 0 radical (unpaired) electrons. The molecule has 1 aliphatic heterocycles. The van der Waals surface area contributed by atoms with Crippen LogP contribution in [0.15, 0.2) is 47.8 Å². The van der Waals surface area contributed by atoms with Gasteiger partial charge in [0.05, 0.1) is 38.7 Å². The highest BCUT2D eigenvalue weighted by Gasteiger charge is 2.38. The Bertz CT molecular complexity index is 1910. The smallest absolute Gasteiger partial charge is 0.355 e. The first-order chi connectivity index (χ1) is 21.5. The van der Waals surface area contributed by atoms with E-state index < -0.39 is 29.3 Å². The van der Waals surface area contributed by atoms with Crippen LogP contribution >= 0.6 is 11.6 Å². The average molecular weight is 633 g/mol. The fourth-order valence-electron chi connectivity index (χ4n) is 6.30. The van der Waals surface area contributed by atoms with Gasteiger partial charge < -0.3 is 15.5 Å². The molecule has 3 fully saturated rings. The Balaban J connectivity index is 1.49. The fraction of sp³-hybridized carbons (Fsp3) is 0.375. The molecule has 1 saturated heterocycles. The maximum absolute atomic E-state index is 15.2. The third-order valence-electron chi connectivity index (χ3n) is 8.87. The zero-order valence-electron chi connectivity index (χ0n) is 24.8. The SMILES string of the molecule is C=C(F)C(=O)N1C[C@H](C)N(c2nc(=O)n(-c3c(C4CC4)ncnc3C3CC3)c3nc(-c4c(N)cccc4F)c(Cl)cc23)C[C@H]1C. The van der Waals surface area contributed by atoms with E-state index in [0.717, 1.165) is 37.1 Å². The zero-order valence-corrected chi connectivity index (χ0v) is 25.6. The van der Waals surface area contributed by atoms with Crippen molar-refractivity contribution in [3.8, 4) is 16.9 Å². The highest BCUT2D eigenvalue weighted by atomic mass is 35.5. The van der Waals surface area contributed by atoms with E-state index in [1.54, 1.807) is 25.4 Å². The van der Waals surface area contributed by atoms with E-state index in [9.17, 15) is 14.0 Å². The van der Waals surface area contributed by atoms with E-state index in [4.69, 9.17) is 22.3 Å². The molecule has 4 heterocycles. The number of fused-ring (bicyclic) bond motifs is 1. The predicted octanol–water partition coefficient (Wildman–Crippen LogP) is 5.28. The van der Waals surface area contributed by atoms with Gasteiger partial charge in [-0.25, -0.2) is 33.1 Å². The second-order valence-corrected chi connectivity index (χ2v) is 12.6. The van der Waals surface area contributed by atoms with Gasteiger partial charge in [-0.2, -0.15) is 4.98 Å². The van der Waals surface area contributed by atoms with E-state index in [-0.39, 0.29) is 58.6 Å². The van der Waals surface area contributed by atoms with Gasteiger partial charge >= 0.3 is 5.69 Å². The number of nitrogens with zero attached hydrogens (tertiary/aromatic N) is 7. The lowest BCUT2D eigenvalue weighted by Crippen LogP contribution is -2.58. The molecule has 0 unspecified atom stereocenters. The van der Waals surface area contributed by atoms with Crippen molar-refractivity contribution in [2.45, 2.75) is 63.5 Å². The van der Waals surface area contributed by atoms with Gasteiger partial charge in [-0.05, 0) is 57.7 Å². The summed E-state index contributed by atoms with van der Waals surface area (Å²) in [6, 6.07) is 5.17. The molecule has 0 spiro atoms. The van der Waals surface area contributed by atoms with Gasteiger partial charge in [-0.1, -0.05) is 24.2 Å². The number of piperazine rings is 1. The number of halogens is 3. The number of nitrogens with two attached hydrogens (primary N) is 1.